The molecule has 88 valence electrons. The SMILES string of the molecule is CCC1(CC)CN(c2ccc(C)c(Br)c2)C1. The summed E-state index contributed by atoms with van der Waals surface area (Å²) in [6.45, 7) is 9.19. The van der Waals surface area contributed by atoms with E-state index in [-0.39, 0.29) is 0 Å². The molecule has 0 atom stereocenters. The maximum absolute atomic E-state index is 3.60. The van der Waals surface area contributed by atoms with Crippen LogP contribution >= 0.6 is 15.9 Å². The quantitative estimate of drug-likeness (QED) is 0.795. The molecule has 1 saturated heterocycles. The first kappa shape index (κ1) is 12.0. The van der Waals surface area contributed by atoms with Gasteiger partial charge in [-0.1, -0.05) is 35.8 Å². The monoisotopic (exact) mass is 281 g/mol. The predicted octanol–water partition coefficient (Wildman–Crippen LogP) is 4.38. The van der Waals surface area contributed by atoms with Crippen molar-refractivity contribution in [2.24, 2.45) is 5.41 Å². The fourth-order valence-corrected chi connectivity index (χ4v) is 2.79. The van der Waals surface area contributed by atoms with Crippen LogP contribution in [0.5, 0.6) is 0 Å². The molecule has 0 unspecified atom stereocenters. The lowest BCUT2D eigenvalue weighted by molar-refractivity contribution is 0.194. The van der Waals surface area contributed by atoms with Gasteiger partial charge in [0.05, 0.1) is 0 Å². The van der Waals surface area contributed by atoms with Gasteiger partial charge in [-0.3, -0.25) is 0 Å². The Morgan fingerprint density at radius 1 is 1.25 bits per heavy atom. The summed E-state index contributed by atoms with van der Waals surface area (Å²) in [6, 6.07) is 6.66. The first-order valence-corrected chi connectivity index (χ1v) is 6.90. The van der Waals surface area contributed by atoms with Crippen LogP contribution in [0.1, 0.15) is 32.3 Å². The van der Waals surface area contributed by atoms with Crippen molar-refractivity contribution in [3.63, 3.8) is 0 Å². The van der Waals surface area contributed by atoms with Crippen LogP contribution in [0.4, 0.5) is 5.69 Å². The Morgan fingerprint density at radius 2 is 1.88 bits per heavy atom. The fourth-order valence-electron chi connectivity index (χ4n) is 2.42. The summed E-state index contributed by atoms with van der Waals surface area (Å²) in [5, 5.41) is 0. The smallest absolute Gasteiger partial charge is 0.0378 e. The maximum Gasteiger partial charge on any atom is 0.0378 e. The van der Waals surface area contributed by atoms with Crippen molar-refractivity contribution in [2.45, 2.75) is 33.6 Å². The molecule has 2 rings (SSSR count). The molecule has 0 radical (unpaired) electrons. The lowest BCUT2D eigenvalue weighted by Gasteiger charge is -2.51. The maximum atomic E-state index is 3.60. The van der Waals surface area contributed by atoms with E-state index in [9.17, 15) is 0 Å². The summed E-state index contributed by atoms with van der Waals surface area (Å²) in [5.41, 5.74) is 3.24. The van der Waals surface area contributed by atoms with Gasteiger partial charge in [0, 0.05) is 28.7 Å². The van der Waals surface area contributed by atoms with E-state index in [1.807, 2.05) is 0 Å². The summed E-state index contributed by atoms with van der Waals surface area (Å²) >= 11 is 3.60. The normalized spacial score (nSPS) is 18.4. The lowest BCUT2D eigenvalue weighted by atomic mass is 9.75. The average Bonchev–Trinajstić information content (AvgIpc) is 2.23. The first-order chi connectivity index (χ1) is 7.60. The molecule has 0 spiro atoms. The highest BCUT2D eigenvalue weighted by molar-refractivity contribution is 9.10. The highest BCUT2D eigenvalue weighted by Gasteiger charge is 2.39. The van der Waals surface area contributed by atoms with E-state index in [4.69, 9.17) is 0 Å². The zero-order valence-corrected chi connectivity index (χ0v) is 12.0. The van der Waals surface area contributed by atoms with Crippen molar-refractivity contribution in [1.82, 2.24) is 0 Å². The fraction of sp³-hybridized carbons (Fsp3) is 0.571. The number of rotatable bonds is 3. The summed E-state index contributed by atoms with van der Waals surface area (Å²) in [7, 11) is 0. The summed E-state index contributed by atoms with van der Waals surface area (Å²) in [6.07, 6.45) is 2.60. The molecule has 1 fully saturated rings. The van der Waals surface area contributed by atoms with Crippen LogP contribution in [-0.2, 0) is 0 Å². The van der Waals surface area contributed by atoms with Gasteiger partial charge in [0.2, 0.25) is 0 Å². The van der Waals surface area contributed by atoms with Crippen molar-refractivity contribution in [2.75, 3.05) is 18.0 Å². The number of nitrogens with zero attached hydrogens (tertiary/aromatic N) is 1. The van der Waals surface area contributed by atoms with E-state index in [1.54, 1.807) is 0 Å². The van der Waals surface area contributed by atoms with Gasteiger partial charge in [-0.05, 0) is 37.5 Å². The van der Waals surface area contributed by atoms with Crippen LogP contribution in [0.25, 0.3) is 0 Å². The topological polar surface area (TPSA) is 3.24 Å². The zero-order valence-electron chi connectivity index (χ0n) is 10.4. The Bertz CT molecular complexity index is 374. The Balaban J connectivity index is 2.09. The molecule has 0 aromatic heterocycles. The molecule has 1 aromatic rings. The number of hydrogen-bond acceptors (Lipinski definition) is 1. The molecule has 1 aliphatic rings. The number of hydrogen-bond donors (Lipinski definition) is 0. The van der Waals surface area contributed by atoms with Crippen LogP contribution in [0, 0.1) is 12.3 Å². The van der Waals surface area contributed by atoms with Gasteiger partial charge < -0.3 is 4.90 Å². The van der Waals surface area contributed by atoms with Gasteiger partial charge in [-0.25, -0.2) is 0 Å². The number of benzene rings is 1. The van der Waals surface area contributed by atoms with E-state index in [0.717, 1.165) is 0 Å². The van der Waals surface area contributed by atoms with Crippen LogP contribution in [0.3, 0.4) is 0 Å². The molecular weight excluding hydrogens is 262 g/mol. The van der Waals surface area contributed by atoms with Crippen molar-refractivity contribution in [1.29, 1.82) is 0 Å². The van der Waals surface area contributed by atoms with Gasteiger partial charge in [0.25, 0.3) is 0 Å². The molecule has 1 heterocycles. The number of halogens is 1. The minimum atomic E-state index is 0.581. The first-order valence-electron chi connectivity index (χ1n) is 6.11. The lowest BCUT2D eigenvalue weighted by Crippen LogP contribution is -2.55. The second-order valence-electron chi connectivity index (χ2n) is 5.00. The minimum Gasteiger partial charge on any atom is -0.370 e. The molecule has 0 saturated carbocycles. The zero-order chi connectivity index (χ0) is 11.8. The summed E-state index contributed by atoms with van der Waals surface area (Å²) < 4.78 is 1.22. The number of aryl methyl sites for hydroxylation is 1. The van der Waals surface area contributed by atoms with Crippen LogP contribution in [-0.4, -0.2) is 13.1 Å². The van der Waals surface area contributed by atoms with Crippen molar-refractivity contribution >= 4 is 21.6 Å². The van der Waals surface area contributed by atoms with Crippen LogP contribution in [0.2, 0.25) is 0 Å². The van der Waals surface area contributed by atoms with Gasteiger partial charge in [-0.15, -0.1) is 0 Å². The molecule has 2 heteroatoms. The van der Waals surface area contributed by atoms with E-state index in [1.165, 1.54) is 41.7 Å². The Labute approximate surface area is 107 Å². The standard InChI is InChI=1S/C14H20BrN/c1-4-14(5-2)9-16(10-14)12-7-6-11(3)13(15)8-12/h6-8H,4-5,9-10H2,1-3H3. The molecule has 16 heavy (non-hydrogen) atoms. The van der Waals surface area contributed by atoms with Crippen molar-refractivity contribution in [3.8, 4) is 0 Å². The van der Waals surface area contributed by atoms with Crippen LogP contribution < -0.4 is 4.90 Å². The van der Waals surface area contributed by atoms with Gasteiger partial charge in [0.1, 0.15) is 0 Å². The van der Waals surface area contributed by atoms with Crippen molar-refractivity contribution in [3.05, 3.63) is 28.2 Å². The molecule has 0 aliphatic carbocycles. The van der Waals surface area contributed by atoms with Crippen molar-refractivity contribution < 1.29 is 0 Å². The molecule has 0 N–H and O–H groups in total. The predicted molar refractivity (Wildman–Crippen MR) is 74.1 cm³/mol. The third kappa shape index (κ3) is 2.00. The van der Waals surface area contributed by atoms with E-state index >= 15 is 0 Å². The highest BCUT2D eigenvalue weighted by atomic mass is 79.9. The number of anilines is 1. The summed E-state index contributed by atoms with van der Waals surface area (Å²) in [4.78, 5) is 2.48. The van der Waals surface area contributed by atoms with E-state index in [0.29, 0.717) is 5.41 Å². The minimum absolute atomic E-state index is 0.581. The average molecular weight is 282 g/mol. The Hall–Kier alpha value is -0.500. The Kier molecular flexibility index (Phi) is 3.29. The molecule has 1 aliphatic heterocycles. The van der Waals surface area contributed by atoms with E-state index < -0.39 is 0 Å². The second-order valence-corrected chi connectivity index (χ2v) is 5.85. The molecule has 0 bridgehead atoms. The van der Waals surface area contributed by atoms with Gasteiger partial charge in [0.15, 0.2) is 0 Å². The molecule has 1 aromatic carbocycles. The molecule has 1 nitrogen and oxygen atoms in total. The second kappa shape index (κ2) is 4.40. The molecular formula is C14H20BrN. The third-order valence-corrected chi connectivity index (χ3v) is 4.93. The van der Waals surface area contributed by atoms with Gasteiger partial charge in [-0.2, -0.15) is 0 Å². The van der Waals surface area contributed by atoms with Gasteiger partial charge >= 0.3 is 0 Å². The van der Waals surface area contributed by atoms with E-state index in [2.05, 4.69) is 59.8 Å². The summed E-state index contributed by atoms with van der Waals surface area (Å²) in [5.74, 6) is 0. The largest absolute Gasteiger partial charge is 0.370 e. The highest BCUT2D eigenvalue weighted by Crippen LogP contribution is 2.40. The third-order valence-electron chi connectivity index (χ3n) is 4.07. The molecule has 0 amide bonds. The Morgan fingerprint density at radius 3 is 2.38 bits per heavy atom. The van der Waals surface area contributed by atoms with Crippen LogP contribution in [0.15, 0.2) is 22.7 Å².